The maximum absolute atomic E-state index is 13.0. The molecule has 2 aromatic rings. The zero-order chi connectivity index (χ0) is 21.8. The van der Waals surface area contributed by atoms with E-state index in [0.717, 1.165) is 55.6 Å². The van der Waals surface area contributed by atoms with Gasteiger partial charge in [0.1, 0.15) is 0 Å². The van der Waals surface area contributed by atoms with Crippen LogP contribution in [0.15, 0.2) is 48.5 Å². The standard InChI is InChI=1S/C26H33N3O2/c1-19-13-20(2)15-23(14-19)26(31)29-11-6-7-22(18-29)25(30)27-16-21-10-12-28(17-21)24-8-4-3-5-9-24/h3-5,8-9,13-15,21-22H,6-7,10-12,16-18H2,1-2H3,(H,27,30). The molecule has 0 aromatic heterocycles. The SMILES string of the molecule is Cc1cc(C)cc(C(=O)N2CCCC(C(=O)NCC3CCN(c4ccccc4)C3)C2)c1. The van der Waals surface area contributed by atoms with Gasteiger partial charge in [0.2, 0.25) is 5.91 Å². The fraction of sp³-hybridized carbons (Fsp3) is 0.462. The minimum absolute atomic E-state index is 0.0404. The zero-order valence-corrected chi connectivity index (χ0v) is 18.6. The molecule has 2 atom stereocenters. The summed E-state index contributed by atoms with van der Waals surface area (Å²) in [6.45, 7) is 7.99. The van der Waals surface area contributed by atoms with Crippen molar-refractivity contribution in [1.82, 2.24) is 10.2 Å². The molecule has 1 N–H and O–H groups in total. The number of carbonyl (C=O) groups excluding carboxylic acids is 2. The number of amides is 2. The third-order valence-electron chi connectivity index (χ3n) is 6.52. The van der Waals surface area contributed by atoms with Crippen LogP contribution in [0.2, 0.25) is 0 Å². The Balaban J connectivity index is 1.28. The summed E-state index contributed by atoms with van der Waals surface area (Å²) >= 11 is 0. The molecule has 2 unspecified atom stereocenters. The van der Waals surface area contributed by atoms with Gasteiger partial charge in [0.25, 0.3) is 5.91 Å². The average Bonchev–Trinajstić information content (AvgIpc) is 3.26. The molecule has 2 aliphatic rings. The molecule has 164 valence electrons. The van der Waals surface area contributed by atoms with Gasteiger partial charge in [-0.1, -0.05) is 35.4 Å². The van der Waals surface area contributed by atoms with Gasteiger partial charge in [0.05, 0.1) is 5.92 Å². The molecule has 2 amide bonds. The summed E-state index contributed by atoms with van der Waals surface area (Å²) in [5, 5.41) is 3.18. The van der Waals surface area contributed by atoms with Gasteiger partial charge >= 0.3 is 0 Å². The first-order valence-corrected chi connectivity index (χ1v) is 11.4. The summed E-state index contributed by atoms with van der Waals surface area (Å²) in [5.74, 6) is 0.491. The number of para-hydroxylation sites is 1. The van der Waals surface area contributed by atoms with E-state index in [4.69, 9.17) is 0 Å². The first-order chi connectivity index (χ1) is 15.0. The van der Waals surface area contributed by atoms with Crippen molar-refractivity contribution in [3.8, 4) is 0 Å². The number of hydrogen-bond acceptors (Lipinski definition) is 3. The maximum atomic E-state index is 13.0. The Morgan fingerprint density at radius 2 is 1.71 bits per heavy atom. The molecule has 0 saturated carbocycles. The maximum Gasteiger partial charge on any atom is 0.253 e. The molecule has 2 fully saturated rings. The van der Waals surface area contributed by atoms with Crippen LogP contribution in [0, 0.1) is 25.7 Å². The number of rotatable bonds is 5. The largest absolute Gasteiger partial charge is 0.371 e. The van der Waals surface area contributed by atoms with Gasteiger partial charge in [-0.05, 0) is 63.3 Å². The summed E-state index contributed by atoms with van der Waals surface area (Å²) in [5.41, 5.74) is 4.17. The summed E-state index contributed by atoms with van der Waals surface area (Å²) in [6.07, 6.45) is 2.82. The quantitative estimate of drug-likeness (QED) is 0.802. The lowest BCUT2D eigenvalue weighted by molar-refractivity contribution is -0.126. The fourth-order valence-electron chi connectivity index (χ4n) is 4.92. The lowest BCUT2D eigenvalue weighted by atomic mass is 9.95. The number of nitrogens with zero attached hydrogens (tertiary/aromatic N) is 2. The topological polar surface area (TPSA) is 52.7 Å². The van der Waals surface area contributed by atoms with Gasteiger partial charge in [-0.15, -0.1) is 0 Å². The minimum atomic E-state index is -0.116. The highest BCUT2D eigenvalue weighted by Crippen LogP contribution is 2.24. The van der Waals surface area contributed by atoms with Crippen molar-refractivity contribution >= 4 is 17.5 Å². The molecule has 2 saturated heterocycles. The molecule has 2 aliphatic heterocycles. The molecule has 2 heterocycles. The van der Waals surface area contributed by atoms with Crippen molar-refractivity contribution in [2.75, 3.05) is 37.6 Å². The van der Waals surface area contributed by atoms with Gasteiger partial charge < -0.3 is 15.1 Å². The summed E-state index contributed by atoms with van der Waals surface area (Å²) in [7, 11) is 0. The number of piperidine rings is 1. The van der Waals surface area contributed by atoms with Crippen molar-refractivity contribution in [3.05, 3.63) is 65.2 Å². The summed E-state index contributed by atoms with van der Waals surface area (Å²) < 4.78 is 0. The summed E-state index contributed by atoms with van der Waals surface area (Å²) in [6, 6.07) is 16.4. The highest BCUT2D eigenvalue weighted by Gasteiger charge is 2.30. The number of carbonyl (C=O) groups is 2. The lowest BCUT2D eigenvalue weighted by Crippen LogP contribution is -2.46. The van der Waals surface area contributed by atoms with E-state index >= 15 is 0 Å². The highest BCUT2D eigenvalue weighted by molar-refractivity contribution is 5.95. The fourth-order valence-corrected chi connectivity index (χ4v) is 4.92. The highest BCUT2D eigenvalue weighted by atomic mass is 16.2. The molecule has 0 radical (unpaired) electrons. The van der Waals surface area contributed by atoms with Crippen LogP contribution in [0.3, 0.4) is 0 Å². The van der Waals surface area contributed by atoms with E-state index in [9.17, 15) is 9.59 Å². The predicted molar refractivity (Wildman–Crippen MR) is 124 cm³/mol. The smallest absolute Gasteiger partial charge is 0.253 e. The Labute approximate surface area is 185 Å². The average molecular weight is 420 g/mol. The van der Waals surface area contributed by atoms with Crippen LogP contribution in [0.1, 0.15) is 40.7 Å². The lowest BCUT2D eigenvalue weighted by Gasteiger charge is -2.32. The van der Waals surface area contributed by atoms with Gasteiger partial charge in [-0.3, -0.25) is 9.59 Å². The Morgan fingerprint density at radius 3 is 2.45 bits per heavy atom. The van der Waals surface area contributed by atoms with Crippen LogP contribution in [0.25, 0.3) is 0 Å². The molecule has 4 rings (SSSR count). The third-order valence-corrected chi connectivity index (χ3v) is 6.52. The molecule has 5 heteroatoms. The molecule has 2 aromatic carbocycles. The normalized spacial score (nSPS) is 21.2. The van der Waals surface area contributed by atoms with Crippen molar-refractivity contribution in [1.29, 1.82) is 0 Å². The van der Waals surface area contributed by atoms with E-state index < -0.39 is 0 Å². The monoisotopic (exact) mass is 419 g/mol. The first-order valence-electron chi connectivity index (χ1n) is 11.4. The van der Waals surface area contributed by atoms with E-state index in [0.29, 0.717) is 19.0 Å². The van der Waals surface area contributed by atoms with E-state index in [2.05, 4.69) is 40.5 Å². The van der Waals surface area contributed by atoms with Gasteiger partial charge in [0, 0.05) is 44.0 Å². The molecule has 31 heavy (non-hydrogen) atoms. The van der Waals surface area contributed by atoms with Crippen molar-refractivity contribution in [3.63, 3.8) is 0 Å². The van der Waals surface area contributed by atoms with Crippen LogP contribution in [0.4, 0.5) is 5.69 Å². The number of aryl methyl sites for hydroxylation is 2. The van der Waals surface area contributed by atoms with Gasteiger partial charge in [-0.2, -0.15) is 0 Å². The molecule has 5 nitrogen and oxygen atoms in total. The summed E-state index contributed by atoms with van der Waals surface area (Å²) in [4.78, 5) is 30.1. The van der Waals surface area contributed by atoms with E-state index in [1.54, 1.807) is 0 Å². The van der Waals surface area contributed by atoms with Crippen molar-refractivity contribution in [2.45, 2.75) is 33.1 Å². The second-order valence-electron chi connectivity index (χ2n) is 9.15. The van der Waals surface area contributed by atoms with Crippen LogP contribution in [-0.2, 0) is 4.79 Å². The van der Waals surface area contributed by atoms with Crippen molar-refractivity contribution in [2.24, 2.45) is 11.8 Å². The van der Waals surface area contributed by atoms with Gasteiger partial charge in [0.15, 0.2) is 0 Å². The Hall–Kier alpha value is -2.82. The Morgan fingerprint density at radius 1 is 0.968 bits per heavy atom. The van der Waals surface area contributed by atoms with Crippen LogP contribution >= 0.6 is 0 Å². The Bertz CT molecular complexity index is 907. The third kappa shape index (κ3) is 5.27. The van der Waals surface area contributed by atoms with E-state index in [1.807, 2.05) is 36.9 Å². The van der Waals surface area contributed by atoms with Crippen molar-refractivity contribution < 1.29 is 9.59 Å². The van der Waals surface area contributed by atoms with Crippen LogP contribution in [-0.4, -0.2) is 49.4 Å². The molecule has 0 bridgehead atoms. The number of anilines is 1. The molecule has 0 aliphatic carbocycles. The predicted octanol–water partition coefficient (Wildman–Crippen LogP) is 3.80. The second kappa shape index (κ2) is 9.54. The second-order valence-corrected chi connectivity index (χ2v) is 9.15. The number of hydrogen-bond donors (Lipinski definition) is 1. The minimum Gasteiger partial charge on any atom is -0.371 e. The number of benzene rings is 2. The molecular formula is C26H33N3O2. The van der Waals surface area contributed by atoms with Crippen LogP contribution < -0.4 is 10.2 Å². The number of likely N-dealkylation sites (tertiary alicyclic amines) is 1. The first kappa shape index (κ1) is 21.4. The molecule has 0 spiro atoms. The Kier molecular flexibility index (Phi) is 6.59. The number of nitrogens with one attached hydrogen (secondary N) is 1. The van der Waals surface area contributed by atoms with Gasteiger partial charge in [-0.25, -0.2) is 0 Å². The zero-order valence-electron chi connectivity index (χ0n) is 18.6. The van der Waals surface area contributed by atoms with Crippen LogP contribution in [0.5, 0.6) is 0 Å². The molecular weight excluding hydrogens is 386 g/mol. The van der Waals surface area contributed by atoms with E-state index in [1.165, 1.54) is 5.69 Å². The van der Waals surface area contributed by atoms with E-state index in [-0.39, 0.29) is 17.7 Å².